The maximum atomic E-state index is 12.6. The van der Waals surface area contributed by atoms with Gasteiger partial charge in [0.1, 0.15) is 6.17 Å². The van der Waals surface area contributed by atoms with Crippen molar-refractivity contribution >= 4 is 0 Å². The summed E-state index contributed by atoms with van der Waals surface area (Å²) in [5, 5.41) is 8.80. The molecule has 0 radical (unpaired) electrons. The quantitative estimate of drug-likeness (QED) is 0.732. The molecule has 1 atom stereocenters. The van der Waals surface area contributed by atoms with E-state index in [2.05, 4.69) is 0 Å². The largest absolute Gasteiger partial charge is 0.392 e. The molecule has 0 aliphatic heterocycles. The Kier molecular flexibility index (Phi) is 3.23. The summed E-state index contributed by atoms with van der Waals surface area (Å²) in [5.74, 6) is 0. The Morgan fingerprint density at radius 3 is 2.67 bits per heavy atom. The highest BCUT2D eigenvalue weighted by atomic mass is 19.1. The van der Waals surface area contributed by atoms with Crippen molar-refractivity contribution in [2.24, 2.45) is 0 Å². The molecule has 0 aromatic heterocycles. The van der Waals surface area contributed by atoms with E-state index in [4.69, 9.17) is 5.11 Å². The lowest BCUT2D eigenvalue weighted by Gasteiger charge is -2.03. The van der Waals surface area contributed by atoms with Gasteiger partial charge in [-0.05, 0) is 18.1 Å². The van der Waals surface area contributed by atoms with Gasteiger partial charge in [0.15, 0.2) is 0 Å². The van der Waals surface area contributed by atoms with Crippen molar-refractivity contribution in [3.8, 4) is 0 Å². The first-order valence-electron chi connectivity index (χ1n) is 4.05. The number of halogens is 1. The molecule has 0 spiro atoms. The second kappa shape index (κ2) is 4.21. The number of benzene rings is 1. The molecule has 0 bridgehead atoms. The minimum absolute atomic E-state index is 0.0223. The third kappa shape index (κ3) is 2.62. The number of rotatable bonds is 3. The van der Waals surface area contributed by atoms with Crippen molar-refractivity contribution in [3.63, 3.8) is 0 Å². The molecule has 0 aliphatic carbocycles. The summed E-state index contributed by atoms with van der Waals surface area (Å²) in [6.45, 7) is 1.56. The summed E-state index contributed by atoms with van der Waals surface area (Å²) < 4.78 is 12.6. The van der Waals surface area contributed by atoms with Crippen LogP contribution in [-0.4, -0.2) is 11.3 Å². The topological polar surface area (TPSA) is 20.2 Å². The van der Waals surface area contributed by atoms with Crippen molar-refractivity contribution in [1.29, 1.82) is 0 Å². The number of alkyl halides is 1. The Bertz CT molecular complexity index is 245. The number of hydrogen-bond donors (Lipinski definition) is 1. The summed E-state index contributed by atoms with van der Waals surface area (Å²) in [5.41, 5.74) is 1.78. The first-order valence-corrected chi connectivity index (χ1v) is 4.05. The lowest BCUT2D eigenvalue weighted by Crippen LogP contribution is -1.98. The molecule has 1 aromatic carbocycles. The summed E-state index contributed by atoms with van der Waals surface area (Å²) in [7, 11) is 0. The van der Waals surface area contributed by atoms with Crippen molar-refractivity contribution in [2.75, 3.05) is 0 Å². The van der Waals surface area contributed by atoms with Gasteiger partial charge in [-0.3, -0.25) is 0 Å². The molecule has 0 heterocycles. The van der Waals surface area contributed by atoms with Gasteiger partial charge in [0.2, 0.25) is 0 Å². The molecule has 1 aromatic rings. The Balaban J connectivity index is 2.72. The minimum atomic E-state index is -0.820. The van der Waals surface area contributed by atoms with Gasteiger partial charge in [0.25, 0.3) is 0 Å². The second-order valence-corrected chi connectivity index (χ2v) is 2.96. The Morgan fingerprint density at radius 2 is 2.08 bits per heavy atom. The maximum absolute atomic E-state index is 12.6. The van der Waals surface area contributed by atoms with E-state index in [9.17, 15) is 4.39 Å². The molecule has 1 nitrogen and oxygen atoms in total. The van der Waals surface area contributed by atoms with Crippen LogP contribution in [0.5, 0.6) is 0 Å². The zero-order chi connectivity index (χ0) is 8.97. The van der Waals surface area contributed by atoms with Crippen LogP contribution in [-0.2, 0) is 13.0 Å². The van der Waals surface area contributed by atoms with E-state index < -0.39 is 6.17 Å². The predicted molar refractivity (Wildman–Crippen MR) is 46.6 cm³/mol. The van der Waals surface area contributed by atoms with Crippen LogP contribution < -0.4 is 0 Å². The molecular weight excluding hydrogens is 155 g/mol. The highest BCUT2D eigenvalue weighted by Crippen LogP contribution is 2.08. The normalized spacial score (nSPS) is 12.9. The van der Waals surface area contributed by atoms with Gasteiger partial charge >= 0.3 is 0 Å². The third-order valence-electron chi connectivity index (χ3n) is 1.69. The second-order valence-electron chi connectivity index (χ2n) is 2.96. The summed E-state index contributed by atoms with van der Waals surface area (Å²) >= 11 is 0. The van der Waals surface area contributed by atoms with Gasteiger partial charge < -0.3 is 5.11 Å². The molecule has 1 unspecified atom stereocenters. The van der Waals surface area contributed by atoms with Gasteiger partial charge in [-0.2, -0.15) is 0 Å². The van der Waals surface area contributed by atoms with Crippen LogP contribution in [0.15, 0.2) is 24.3 Å². The first-order chi connectivity index (χ1) is 5.72. The van der Waals surface area contributed by atoms with Gasteiger partial charge in [-0.1, -0.05) is 24.3 Å². The molecule has 12 heavy (non-hydrogen) atoms. The number of aliphatic hydroxyl groups is 1. The van der Waals surface area contributed by atoms with E-state index in [0.29, 0.717) is 6.42 Å². The van der Waals surface area contributed by atoms with Crippen LogP contribution in [0.25, 0.3) is 0 Å². The summed E-state index contributed by atoms with van der Waals surface area (Å²) in [4.78, 5) is 0. The van der Waals surface area contributed by atoms with E-state index in [0.717, 1.165) is 11.1 Å². The Labute approximate surface area is 71.9 Å². The van der Waals surface area contributed by atoms with E-state index in [1.54, 1.807) is 0 Å². The van der Waals surface area contributed by atoms with Crippen LogP contribution in [0.2, 0.25) is 0 Å². The number of aliphatic hydroxyl groups excluding tert-OH is 1. The number of hydrogen-bond acceptors (Lipinski definition) is 1. The molecule has 0 aliphatic rings. The molecular formula is C10H13FO. The lowest BCUT2D eigenvalue weighted by molar-refractivity contribution is 0.281. The highest BCUT2D eigenvalue weighted by molar-refractivity contribution is 5.23. The van der Waals surface area contributed by atoms with Crippen molar-refractivity contribution in [2.45, 2.75) is 26.1 Å². The van der Waals surface area contributed by atoms with E-state index in [1.807, 2.05) is 24.3 Å². The predicted octanol–water partition coefficient (Wildman–Crippen LogP) is 2.08. The fourth-order valence-corrected chi connectivity index (χ4v) is 1.18. The van der Waals surface area contributed by atoms with Gasteiger partial charge in [-0.25, -0.2) is 4.39 Å². The lowest BCUT2D eigenvalue weighted by atomic mass is 10.1. The third-order valence-corrected chi connectivity index (χ3v) is 1.69. The zero-order valence-electron chi connectivity index (χ0n) is 7.13. The molecule has 1 rings (SSSR count). The van der Waals surface area contributed by atoms with E-state index in [1.165, 1.54) is 6.92 Å². The van der Waals surface area contributed by atoms with Crippen molar-refractivity contribution in [3.05, 3.63) is 35.4 Å². The molecule has 0 amide bonds. The van der Waals surface area contributed by atoms with Crippen LogP contribution in [0.1, 0.15) is 18.1 Å². The maximum Gasteiger partial charge on any atom is 0.101 e. The average Bonchev–Trinajstić information content (AvgIpc) is 2.03. The molecule has 0 saturated heterocycles. The van der Waals surface area contributed by atoms with Crippen LogP contribution in [0.4, 0.5) is 4.39 Å². The van der Waals surface area contributed by atoms with Crippen LogP contribution in [0.3, 0.4) is 0 Å². The van der Waals surface area contributed by atoms with E-state index >= 15 is 0 Å². The van der Waals surface area contributed by atoms with Gasteiger partial charge in [0, 0.05) is 6.42 Å². The van der Waals surface area contributed by atoms with Crippen LogP contribution >= 0.6 is 0 Å². The average molecular weight is 168 g/mol. The van der Waals surface area contributed by atoms with Crippen molar-refractivity contribution < 1.29 is 9.50 Å². The van der Waals surface area contributed by atoms with Crippen molar-refractivity contribution in [1.82, 2.24) is 0 Å². The Morgan fingerprint density at radius 1 is 1.42 bits per heavy atom. The van der Waals surface area contributed by atoms with E-state index in [-0.39, 0.29) is 6.61 Å². The smallest absolute Gasteiger partial charge is 0.101 e. The van der Waals surface area contributed by atoms with Gasteiger partial charge in [-0.15, -0.1) is 0 Å². The fraction of sp³-hybridized carbons (Fsp3) is 0.400. The van der Waals surface area contributed by atoms with Gasteiger partial charge in [0.05, 0.1) is 6.61 Å². The first kappa shape index (κ1) is 9.20. The molecule has 2 heteroatoms. The SMILES string of the molecule is CC(F)Cc1cccc(CO)c1. The zero-order valence-corrected chi connectivity index (χ0v) is 7.13. The summed E-state index contributed by atoms with van der Waals surface area (Å²) in [6, 6.07) is 7.36. The molecule has 0 fully saturated rings. The molecule has 0 saturated carbocycles. The summed E-state index contributed by atoms with van der Waals surface area (Å²) in [6.07, 6.45) is -0.396. The standard InChI is InChI=1S/C10H13FO/c1-8(11)5-9-3-2-4-10(6-9)7-12/h2-4,6,8,12H,5,7H2,1H3. The monoisotopic (exact) mass is 168 g/mol. The minimum Gasteiger partial charge on any atom is -0.392 e. The highest BCUT2D eigenvalue weighted by Gasteiger charge is 2.00. The Hall–Kier alpha value is -0.890. The van der Waals surface area contributed by atoms with Crippen LogP contribution in [0, 0.1) is 0 Å². The fourth-order valence-electron chi connectivity index (χ4n) is 1.18. The molecule has 66 valence electrons. The molecule has 1 N–H and O–H groups in total.